The largest absolute Gasteiger partial charge is 0.350 e. The van der Waals surface area contributed by atoms with E-state index in [9.17, 15) is 9.59 Å². The molecule has 2 N–H and O–H groups in total. The summed E-state index contributed by atoms with van der Waals surface area (Å²) in [5, 5.41) is 3.71. The Bertz CT molecular complexity index is 1010. The van der Waals surface area contributed by atoms with Crippen LogP contribution in [0.2, 0.25) is 0 Å². The molecule has 8 heteroatoms. The van der Waals surface area contributed by atoms with Gasteiger partial charge in [-0.1, -0.05) is 48.6 Å². The number of aryl methyl sites for hydroxylation is 1. The number of amides is 1. The Kier molecular flexibility index (Phi) is 4.89. The van der Waals surface area contributed by atoms with Crippen molar-refractivity contribution in [2.75, 3.05) is 11.4 Å². The number of thiazole rings is 1. The summed E-state index contributed by atoms with van der Waals surface area (Å²) < 4.78 is 0. The van der Waals surface area contributed by atoms with E-state index in [0.29, 0.717) is 34.3 Å². The third-order valence-corrected chi connectivity index (χ3v) is 5.74. The molecule has 1 amide bonds. The number of nitrogens with one attached hydrogen (secondary N) is 2. The third-order valence-electron chi connectivity index (χ3n) is 4.75. The van der Waals surface area contributed by atoms with E-state index in [-0.39, 0.29) is 17.5 Å². The quantitative estimate of drug-likeness (QED) is 0.705. The van der Waals surface area contributed by atoms with Crippen LogP contribution in [0, 0.1) is 0 Å². The summed E-state index contributed by atoms with van der Waals surface area (Å²) in [4.78, 5) is 39.3. The minimum absolute atomic E-state index is 0.00766. The number of fused-ring (bicyclic) bond motifs is 1. The van der Waals surface area contributed by atoms with Crippen LogP contribution in [0.5, 0.6) is 0 Å². The SMILES string of the molecule is CCc1nc2sc(N3CCC[C@@H]3C(=O)NCc3ccccc3)nc2c(=O)[nH]1. The van der Waals surface area contributed by atoms with E-state index in [0.717, 1.165) is 24.9 Å². The number of aromatic amines is 1. The van der Waals surface area contributed by atoms with E-state index in [1.807, 2.05) is 42.2 Å². The molecule has 1 saturated heterocycles. The van der Waals surface area contributed by atoms with Crippen LogP contribution in [0.25, 0.3) is 10.3 Å². The standard InChI is InChI=1S/C19H21N5O2S/c1-2-14-21-17(26)15-18(22-14)27-19(23-15)24-10-6-9-13(24)16(25)20-11-12-7-4-3-5-8-12/h3-5,7-8,13H,2,6,9-11H2,1H3,(H,20,25)(H,21,22,26)/t13-/m1/s1. The van der Waals surface area contributed by atoms with Gasteiger partial charge in [0.2, 0.25) is 5.91 Å². The minimum atomic E-state index is -0.265. The second-order valence-corrected chi connectivity index (χ2v) is 7.53. The summed E-state index contributed by atoms with van der Waals surface area (Å²) in [6.45, 7) is 3.20. The molecular formula is C19H21N5O2S. The summed E-state index contributed by atoms with van der Waals surface area (Å²) in [6.07, 6.45) is 2.36. The van der Waals surface area contributed by atoms with Crippen LogP contribution in [0.4, 0.5) is 5.13 Å². The zero-order valence-electron chi connectivity index (χ0n) is 15.1. The zero-order chi connectivity index (χ0) is 18.8. The van der Waals surface area contributed by atoms with E-state index in [4.69, 9.17) is 0 Å². The Morgan fingerprint density at radius 1 is 1.33 bits per heavy atom. The van der Waals surface area contributed by atoms with Gasteiger partial charge in [-0.3, -0.25) is 9.59 Å². The van der Waals surface area contributed by atoms with E-state index < -0.39 is 0 Å². The fourth-order valence-electron chi connectivity index (χ4n) is 3.33. The fraction of sp³-hybridized carbons (Fsp3) is 0.368. The first-order valence-electron chi connectivity index (χ1n) is 9.13. The predicted octanol–water partition coefficient (Wildman–Crippen LogP) is 2.23. The molecule has 1 atom stereocenters. The van der Waals surface area contributed by atoms with Gasteiger partial charge in [-0.25, -0.2) is 9.97 Å². The third kappa shape index (κ3) is 3.57. The van der Waals surface area contributed by atoms with Gasteiger partial charge in [-0.2, -0.15) is 0 Å². The van der Waals surface area contributed by atoms with Crippen molar-refractivity contribution in [2.24, 2.45) is 0 Å². The molecule has 3 heterocycles. The molecule has 7 nitrogen and oxygen atoms in total. The lowest BCUT2D eigenvalue weighted by atomic mass is 10.2. The number of benzene rings is 1. The number of hydrogen-bond acceptors (Lipinski definition) is 6. The topological polar surface area (TPSA) is 91.0 Å². The number of anilines is 1. The van der Waals surface area contributed by atoms with Crippen molar-refractivity contribution in [3.8, 4) is 0 Å². The molecule has 1 aliphatic rings. The molecule has 0 spiro atoms. The van der Waals surface area contributed by atoms with Crippen LogP contribution in [0.1, 0.15) is 31.2 Å². The molecule has 1 aliphatic heterocycles. The van der Waals surface area contributed by atoms with Crippen molar-refractivity contribution in [1.82, 2.24) is 20.3 Å². The average molecular weight is 383 g/mol. The Morgan fingerprint density at radius 3 is 2.93 bits per heavy atom. The van der Waals surface area contributed by atoms with Crippen molar-refractivity contribution in [2.45, 2.75) is 38.8 Å². The molecule has 3 aromatic rings. The van der Waals surface area contributed by atoms with E-state index in [1.165, 1.54) is 11.3 Å². The monoisotopic (exact) mass is 383 g/mol. The smallest absolute Gasteiger partial charge is 0.278 e. The number of aromatic nitrogens is 3. The molecule has 0 radical (unpaired) electrons. The highest BCUT2D eigenvalue weighted by molar-refractivity contribution is 7.21. The minimum Gasteiger partial charge on any atom is -0.350 e. The normalized spacial score (nSPS) is 16.8. The first-order valence-corrected chi connectivity index (χ1v) is 9.95. The first kappa shape index (κ1) is 17.7. The van der Waals surface area contributed by atoms with Gasteiger partial charge in [0.25, 0.3) is 5.56 Å². The van der Waals surface area contributed by atoms with Gasteiger partial charge in [0.15, 0.2) is 15.5 Å². The van der Waals surface area contributed by atoms with Gasteiger partial charge >= 0.3 is 0 Å². The molecule has 27 heavy (non-hydrogen) atoms. The van der Waals surface area contributed by atoms with Crippen LogP contribution in [-0.2, 0) is 17.8 Å². The second kappa shape index (κ2) is 7.48. The van der Waals surface area contributed by atoms with E-state index in [1.54, 1.807) is 0 Å². The van der Waals surface area contributed by atoms with E-state index in [2.05, 4.69) is 20.3 Å². The first-order chi connectivity index (χ1) is 13.2. The van der Waals surface area contributed by atoms with Crippen molar-refractivity contribution >= 4 is 32.7 Å². The highest BCUT2D eigenvalue weighted by atomic mass is 32.1. The highest BCUT2D eigenvalue weighted by Gasteiger charge is 2.33. The summed E-state index contributed by atoms with van der Waals surface area (Å²) >= 11 is 1.38. The summed E-state index contributed by atoms with van der Waals surface area (Å²) in [6, 6.07) is 9.59. The number of H-pyrrole nitrogens is 1. The Balaban J connectivity index is 1.54. The van der Waals surface area contributed by atoms with Gasteiger partial charge in [-0.15, -0.1) is 0 Å². The van der Waals surface area contributed by atoms with E-state index >= 15 is 0 Å². The maximum absolute atomic E-state index is 12.7. The fourth-order valence-corrected chi connectivity index (χ4v) is 4.36. The summed E-state index contributed by atoms with van der Waals surface area (Å²) in [5.74, 6) is 0.646. The number of rotatable bonds is 5. The molecular weight excluding hydrogens is 362 g/mol. The van der Waals surface area contributed by atoms with Crippen LogP contribution < -0.4 is 15.8 Å². The van der Waals surface area contributed by atoms with Gasteiger partial charge in [0, 0.05) is 19.5 Å². The lowest BCUT2D eigenvalue weighted by Crippen LogP contribution is -2.43. The van der Waals surface area contributed by atoms with Crippen LogP contribution in [0.3, 0.4) is 0 Å². The Morgan fingerprint density at radius 2 is 2.15 bits per heavy atom. The molecule has 0 unspecified atom stereocenters. The average Bonchev–Trinajstić information content (AvgIpc) is 3.33. The summed E-state index contributed by atoms with van der Waals surface area (Å²) in [5.41, 5.74) is 1.20. The molecule has 4 rings (SSSR count). The Labute approximate surface area is 160 Å². The number of hydrogen-bond donors (Lipinski definition) is 2. The highest BCUT2D eigenvalue weighted by Crippen LogP contribution is 2.31. The van der Waals surface area contributed by atoms with Crippen molar-refractivity contribution in [3.05, 3.63) is 52.1 Å². The van der Waals surface area contributed by atoms with Crippen LogP contribution in [-0.4, -0.2) is 33.4 Å². The lowest BCUT2D eigenvalue weighted by molar-refractivity contribution is -0.122. The number of carbonyl (C=O) groups excluding carboxylic acids is 1. The predicted molar refractivity (Wildman–Crippen MR) is 106 cm³/mol. The van der Waals surface area contributed by atoms with Crippen molar-refractivity contribution in [3.63, 3.8) is 0 Å². The van der Waals surface area contributed by atoms with Crippen molar-refractivity contribution in [1.29, 1.82) is 0 Å². The maximum atomic E-state index is 12.7. The van der Waals surface area contributed by atoms with Gasteiger partial charge < -0.3 is 15.2 Å². The van der Waals surface area contributed by atoms with Gasteiger partial charge in [0.05, 0.1) is 0 Å². The number of carbonyl (C=O) groups is 1. The second-order valence-electron chi connectivity index (χ2n) is 6.57. The zero-order valence-corrected chi connectivity index (χ0v) is 15.9. The summed E-state index contributed by atoms with van der Waals surface area (Å²) in [7, 11) is 0. The molecule has 2 aromatic heterocycles. The van der Waals surface area contributed by atoms with Gasteiger partial charge in [-0.05, 0) is 18.4 Å². The van der Waals surface area contributed by atoms with Gasteiger partial charge in [0.1, 0.15) is 11.9 Å². The molecule has 140 valence electrons. The lowest BCUT2D eigenvalue weighted by Gasteiger charge is -2.23. The molecule has 0 aliphatic carbocycles. The molecule has 1 aromatic carbocycles. The van der Waals surface area contributed by atoms with Crippen LogP contribution in [0.15, 0.2) is 35.1 Å². The van der Waals surface area contributed by atoms with Crippen LogP contribution >= 0.6 is 11.3 Å². The Hall–Kier alpha value is -2.74. The molecule has 1 fully saturated rings. The maximum Gasteiger partial charge on any atom is 0.278 e. The number of nitrogens with zero attached hydrogens (tertiary/aromatic N) is 3. The molecule has 0 bridgehead atoms. The molecule has 0 saturated carbocycles. The van der Waals surface area contributed by atoms with Crippen molar-refractivity contribution < 1.29 is 4.79 Å².